The highest BCUT2D eigenvalue weighted by Gasteiger charge is 2.20. The van der Waals surface area contributed by atoms with Gasteiger partial charge in [0.05, 0.1) is 0 Å². The summed E-state index contributed by atoms with van der Waals surface area (Å²) in [5, 5.41) is 13.2. The molecule has 78 valence electrons. The van der Waals surface area contributed by atoms with Crippen LogP contribution in [0.15, 0.2) is 30.3 Å². The molecule has 0 radical (unpaired) electrons. The molecule has 0 aliphatic heterocycles. The van der Waals surface area contributed by atoms with Gasteiger partial charge in [-0.25, -0.2) is 0 Å². The largest absolute Gasteiger partial charge is 0.376 e. The van der Waals surface area contributed by atoms with Crippen molar-refractivity contribution >= 4 is 0 Å². The lowest BCUT2D eigenvalue weighted by Gasteiger charge is -2.27. The Kier molecular flexibility index (Phi) is 3.67. The Morgan fingerprint density at radius 1 is 1.29 bits per heavy atom. The zero-order valence-corrected chi connectivity index (χ0v) is 9.12. The lowest BCUT2D eigenvalue weighted by molar-refractivity contribution is 0.0166. The molecule has 1 rings (SSSR count). The summed E-state index contributed by atoms with van der Waals surface area (Å²) in [5.41, 5.74) is 0.320. The highest BCUT2D eigenvalue weighted by Crippen LogP contribution is 2.10. The fourth-order valence-electron chi connectivity index (χ4n) is 1.67. The van der Waals surface area contributed by atoms with Crippen molar-refractivity contribution in [3.63, 3.8) is 0 Å². The van der Waals surface area contributed by atoms with Gasteiger partial charge in [-0.1, -0.05) is 30.3 Å². The summed E-state index contributed by atoms with van der Waals surface area (Å²) in [4.78, 5) is 0. The lowest BCUT2D eigenvalue weighted by atomic mass is 10.0. The lowest BCUT2D eigenvalue weighted by Crippen LogP contribution is -2.47. The maximum absolute atomic E-state index is 10.0. The third kappa shape index (κ3) is 3.90. The number of hydrogen-bond donors (Lipinski definition) is 2. The van der Waals surface area contributed by atoms with E-state index in [1.165, 1.54) is 0 Å². The van der Waals surface area contributed by atoms with E-state index in [4.69, 9.17) is 0 Å². The SMILES string of the molecule is CC(C)NC(C)(O)Cc1ccccc1. The molecule has 0 fully saturated rings. The van der Waals surface area contributed by atoms with E-state index < -0.39 is 5.72 Å². The Hall–Kier alpha value is -0.860. The summed E-state index contributed by atoms with van der Waals surface area (Å²) in [6.45, 7) is 5.86. The number of benzene rings is 1. The predicted octanol–water partition coefficient (Wildman–Crippen LogP) is 1.94. The molecule has 0 aliphatic rings. The van der Waals surface area contributed by atoms with Crippen molar-refractivity contribution in [1.82, 2.24) is 5.32 Å². The molecule has 0 spiro atoms. The first-order valence-electron chi connectivity index (χ1n) is 5.03. The van der Waals surface area contributed by atoms with Crippen LogP contribution in [0.3, 0.4) is 0 Å². The first kappa shape index (κ1) is 11.2. The molecular formula is C12H19NO. The second-order valence-corrected chi connectivity index (χ2v) is 4.24. The first-order chi connectivity index (χ1) is 6.49. The summed E-state index contributed by atoms with van der Waals surface area (Å²) < 4.78 is 0. The van der Waals surface area contributed by atoms with Gasteiger partial charge in [-0.15, -0.1) is 0 Å². The quantitative estimate of drug-likeness (QED) is 0.716. The zero-order valence-electron chi connectivity index (χ0n) is 9.12. The van der Waals surface area contributed by atoms with Crippen LogP contribution in [0.25, 0.3) is 0 Å². The molecule has 0 bridgehead atoms. The Balaban J connectivity index is 2.59. The van der Waals surface area contributed by atoms with E-state index in [0.717, 1.165) is 5.56 Å². The van der Waals surface area contributed by atoms with Crippen molar-refractivity contribution in [3.8, 4) is 0 Å². The van der Waals surface area contributed by atoms with Crippen LogP contribution >= 0.6 is 0 Å². The normalized spacial score (nSPS) is 15.5. The van der Waals surface area contributed by atoms with Crippen LogP contribution in [0.5, 0.6) is 0 Å². The van der Waals surface area contributed by atoms with Crippen molar-refractivity contribution in [1.29, 1.82) is 0 Å². The molecule has 1 aromatic carbocycles. The number of nitrogens with one attached hydrogen (secondary N) is 1. The monoisotopic (exact) mass is 193 g/mol. The summed E-state index contributed by atoms with van der Waals surface area (Å²) in [5.74, 6) is 0. The Bertz CT molecular complexity index is 267. The van der Waals surface area contributed by atoms with Crippen molar-refractivity contribution < 1.29 is 5.11 Å². The molecule has 1 aromatic rings. The van der Waals surface area contributed by atoms with E-state index >= 15 is 0 Å². The van der Waals surface area contributed by atoms with Gasteiger partial charge in [0.2, 0.25) is 0 Å². The Morgan fingerprint density at radius 3 is 2.36 bits per heavy atom. The number of hydrogen-bond acceptors (Lipinski definition) is 2. The molecule has 14 heavy (non-hydrogen) atoms. The van der Waals surface area contributed by atoms with Gasteiger partial charge in [0, 0.05) is 12.5 Å². The zero-order chi connectivity index (χ0) is 10.6. The molecular weight excluding hydrogens is 174 g/mol. The fourth-order valence-corrected chi connectivity index (χ4v) is 1.67. The molecule has 0 heterocycles. The smallest absolute Gasteiger partial charge is 0.117 e. The second-order valence-electron chi connectivity index (χ2n) is 4.24. The summed E-state index contributed by atoms with van der Waals surface area (Å²) in [7, 11) is 0. The van der Waals surface area contributed by atoms with E-state index in [-0.39, 0.29) is 6.04 Å². The molecule has 2 nitrogen and oxygen atoms in total. The average molecular weight is 193 g/mol. The topological polar surface area (TPSA) is 32.3 Å². The van der Waals surface area contributed by atoms with Crippen LogP contribution < -0.4 is 5.32 Å². The standard InChI is InChI=1S/C12H19NO/c1-10(2)13-12(3,14)9-11-7-5-4-6-8-11/h4-8,10,13-14H,9H2,1-3H3. The van der Waals surface area contributed by atoms with Crippen LogP contribution in [0, 0.1) is 0 Å². The van der Waals surface area contributed by atoms with Crippen LogP contribution in [0.1, 0.15) is 26.3 Å². The van der Waals surface area contributed by atoms with E-state index in [0.29, 0.717) is 6.42 Å². The maximum Gasteiger partial charge on any atom is 0.117 e. The molecule has 0 saturated heterocycles. The van der Waals surface area contributed by atoms with Crippen molar-refractivity contribution in [2.45, 2.75) is 39.0 Å². The van der Waals surface area contributed by atoms with Crippen molar-refractivity contribution in [3.05, 3.63) is 35.9 Å². The third-order valence-corrected chi connectivity index (χ3v) is 1.99. The highest BCUT2D eigenvalue weighted by atomic mass is 16.3. The minimum atomic E-state index is -0.824. The van der Waals surface area contributed by atoms with Gasteiger partial charge in [0.15, 0.2) is 0 Å². The molecule has 0 aromatic heterocycles. The van der Waals surface area contributed by atoms with Crippen LogP contribution in [0.4, 0.5) is 0 Å². The van der Waals surface area contributed by atoms with E-state index in [9.17, 15) is 5.11 Å². The van der Waals surface area contributed by atoms with Crippen molar-refractivity contribution in [2.75, 3.05) is 0 Å². The maximum atomic E-state index is 10.0. The molecule has 1 unspecified atom stereocenters. The molecule has 0 aliphatic carbocycles. The van der Waals surface area contributed by atoms with Gasteiger partial charge in [-0.05, 0) is 26.3 Å². The highest BCUT2D eigenvalue weighted by molar-refractivity contribution is 5.16. The van der Waals surface area contributed by atoms with Crippen LogP contribution in [0.2, 0.25) is 0 Å². The summed E-state index contributed by atoms with van der Waals surface area (Å²) in [6.07, 6.45) is 0.631. The predicted molar refractivity (Wildman–Crippen MR) is 59.0 cm³/mol. The minimum absolute atomic E-state index is 0.286. The van der Waals surface area contributed by atoms with Gasteiger partial charge in [-0.2, -0.15) is 0 Å². The number of aliphatic hydroxyl groups is 1. The van der Waals surface area contributed by atoms with Crippen molar-refractivity contribution in [2.24, 2.45) is 0 Å². The van der Waals surface area contributed by atoms with Gasteiger partial charge in [0.25, 0.3) is 0 Å². The van der Waals surface area contributed by atoms with E-state index in [1.807, 2.05) is 44.2 Å². The Labute approximate surface area is 86.0 Å². The van der Waals surface area contributed by atoms with Gasteiger partial charge in [0.1, 0.15) is 5.72 Å². The van der Waals surface area contributed by atoms with E-state index in [2.05, 4.69) is 5.32 Å². The fraction of sp³-hybridized carbons (Fsp3) is 0.500. The molecule has 2 heteroatoms. The molecule has 2 N–H and O–H groups in total. The van der Waals surface area contributed by atoms with Gasteiger partial charge in [-0.3, -0.25) is 5.32 Å². The van der Waals surface area contributed by atoms with Crippen LogP contribution in [-0.2, 0) is 6.42 Å². The minimum Gasteiger partial charge on any atom is -0.376 e. The average Bonchev–Trinajstić information content (AvgIpc) is 2.02. The van der Waals surface area contributed by atoms with Gasteiger partial charge >= 0.3 is 0 Å². The van der Waals surface area contributed by atoms with Crippen LogP contribution in [-0.4, -0.2) is 16.9 Å². The Morgan fingerprint density at radius 2 is 1.86 bits per heavy atom. The summed E-state index contributed by atoms with van der Waals surface area (Å²) in [6, 6.07) is 10.3. The molecule has 1 atom stereocenters. The van der Waals surface area contributed by atoms with Gasteiger partial charge < -0.3 is 5.11 Å². The van der Waals surface area contributed by atoms with E-state index in [1.54, 1.807) is 6.92 Å². The summed E-state index contributed by atoms with van der Waals surface area (Å²) >= 11 is 0. The third-order valence-electron chi connectivity index (χ3n) is 1.99. The molecule has 0 saturated carbocycles. The first-order valence-corrected chi connectivity index (χ1v) is 5.03. The number of rotatable bonds is 4. The second kappa shape index (κ2) is 4.58. The molecule has 0 amide bonds.